The zero-order valence-electron chi connectivity index (χ0n) is 14.4. The molecule has 0 bridgehead atoms. The van der Waals surface area contributed by atoms with Crippen LogP contribution < -0.4 is 0 Å². The maximum Gasteiger partial charge on any atom is 0.275 e. The minimum atomic E-state index is -4.12. The van der Waals surface area contributed by atoms with Crippen molar-refractivity contribution in [1.82, 2.24) is 14.3 Å². The summed E-state index contributed by atoms with van der Waals surface area (Å²) >= 11 is 0. The van der Waals surface area contributed by atoms with Gasteiger partial charge in [0.05, 0.1) is 29.9 Å². The van der Waals surface area contributed by atoms with Crippen LogP contribution in [0.2, 0.25) is 0 Å². The van der Waals surface area contributed by atoms with Crippen LogP contribution in [0.25, 0.3) is 22.4 Å². The Kier molecular flexibility index (Phi) is 4.43. The molecule has 144 valence electrons. The molecule has 2 aromatic carbocycles. The molecule has 1 aliphatic rings. The number of nitrogens with zero attached hydrogens (tertiary/aromatic N) is 3. The summed E-state index contributed by atoms with van der Waals surface area (Å²) < 4.78 is 67.2. The molecule has 1 fully saturated rings. The van der Waals surface area contributed by atoms with E-state index < -0.39 is 34.9 Å². The maximum absolute atomic E-state index is 14.7. The molecule has 1 aromatic heterocycles. The van der Waals surface area contributed by atoms with Gasteiger partial charge in [-0.25, -0.2) is 21.6 Å². The topological polar surface area (TPSA) is 63.2 Å². The first-order valence-electron chi connectivity index (χ1n) is 8.31. The average Bonchev–Trinajstić information content (AvgIpc) is 2.66. The highest BCUT2D eigenvalue weighted by atomic mass is 32.2. The van der Waals surface area contributed by atoms with Gasteiger partial charge in [0.2, 0.25) is 10.0 Å². The Labute approximate surface area is 159 Å². The van der Waals surface area contributed by atoms with Gasteiger partial charge in [-0.15, -0.1) is 0 Å². The van der Waals surface area contributed by atoms with E-state index in [0.717, 1.165) is 4.31 Å². The zero-order chi connectivity index (χ0) is 19.9. The normalized spacial score (nSPS) is 16.5. The standard InChI is InChI=1S/C19H14F3N3O2S/c20-16-9-13(5-6-15(16)17-10-23-7-8-24-17)14-3-1-2-4-18(14)28(26,27)25-11-19(21,22)12-25/h1-10H,11-12H2. The molecule has 0 atom stereocenters. The Morgan fingerprint density at radius 1 is 1.00 bits per heavy atom. The number of hydrogen-bond acceptors (Lipinski definition) is 4. The minimum absolute atomic E-state index is 0.142. The van der Waals surface area contributed by atoms with Gasteiger partial charge >= 0.3 is 0 Å². The van der Waals surface area contributed by atoms with Gasteiger partial charge < -0.3 is 0 Å². The summed E-state index contributed by atoms with van der Waals surface area (Å²) in [6, 6.07) is 10.2. The number of halogens is 3. The Bertz CT molecular complexity index is 1130. The fourth-order valence-corrected chi connectivity index (χ4v) is 4.75. The number of sulfonamides is 1. The molecule has 0 saturated carbocycles. The van der Waals surface area contributed by atoms with Crippen molar-refractivity contribution in [2.45, 2.75) is 10.8 Å². The predicted molar refractivity (Wildman–Crippen MR) is 96.6 cm³/mol. The lowest BCUT2D eigenvalue weighted by Gasteiger charge is -2.37. The third-order valence-electron chi connectivity index (χ3n) is 4.44. The van der Waals surface area contributed by atoms with Crippen molar-refractivity contribution in [3.05, 3.63) is 66.9 Å². The van der Waals surface area contributed by atoms with Crippen molar-refractivity contribution in [3.8, 4) is 22.4 Å². The highest BCUT2D eigenvalue weighted by Gasteiger charge is 2.50. The monoisotopic (exact) mass is 405 g/mol. The Morgan fingerprint density at radius 2 is 1.75 bits per heavy atom. The smallest absolute Gasteiger partial charge is 0.261 e. The molecule has 9 heteroatoms. The molecule has 0 amide bonds. The van der Waals surface area contributed by atoms with Crippen LogP contribution in [0.1, 0.15) is 0 Å². The summed E-state index contributed by atoms with van der Waals surface area (Å²) in [6.45, 7) is -1.71. The van der Waals surface area contributed by atoms with Crippen molar-refractivity contribution in [3.63, 3.8) is 0 Å². The highest BCUT2D eigenvalue weighted by Crippen LogP contribution is 2.36. The second kappa shape index (κ2) is 6.68. The van der Waals surface area contributed by atoms with Crippen LogP contribution in [0, 0.1) is 5.82 Å². The summed E-state index contributed by atoms with van der Waals surface area (Å²) in [5.41, 5.74) is 1.12. The van der Waals surface area contributed by atoms with Crippen molar-refractivity contribution in [1.29, 1.82) is 0 Å². The van der Waals surface area contributed by atoms with Crippen LogP contribution in [0.15, 0.2) is 66.0 Å². The van der Waals surface area contributed by atoms with Crippen LogP contribution in [-0.2, 0) is 10.0 Å². The van der Waals surface area contributed by atoms with Crippen LogP contribution in [0.5, 0.6) is 0 Å². The van der Waals surface area contributed by atoms with Gasteiger partial charge in [-0.2, -0.15) is 4.31 Å². The van der Waals surface area contributed by atoms with Gasteiger partial charge in [0, 0.05) is 23.5 Å². The van der Waals surface area contributed by atoms with Crippen LogP contribution in [0.3, 0.4) is 0 Å². The van der Waals surface area contributed by atoms with E-state index in [9.17, 15) is 21.6 Å². The van der Waals surface area contributed by atoms with E-state index in [4.69, 9.17) is 0 Å². The molecule has 4 rings (SSSR count). The van der Waals surface area contributed by atoms with Crippen LogP contribution >= 0.6 is 0 Å². The van der Waals surface area contributed by atoms with E-state index in [1.807, 2.05) is 0 Å². The van der Waals surface area contributed by atoms with Gasteiger partial charge in [0.25, 0.3) is 5.92 Å². The van der Waals surface area contributed by atoms with Crippen molar-refractivity contribution in [2.75, 3.05) is 13.1 Å². The number of hydrogen-bond donors (Lipinski definition) is 0. The van der Waals surface area contributed by atoms with E-state index >= 15 is 0 Å². The first kappa shape index (κ1) is 18.6. The fraction of sp³-hybridized carbons (Fsp3) is 0.158. The van der Waals surface area contributed by atoms with Crippen molar-refractivity contribution < 1.29 is 21.6 Å². The molecule has 28 heavy (non-hydrogen) atoms. The predicted octanol–water partition coefficient (Wildman–Crippen LogP) is 3.59. The largest absolute Gasteiger partial charge is 0.275 e. The minimum Gasteiger partial charge on any atom is -0.261 e. The lowest BCUT2D eigenvalue weighted by molar-refractivity contribution is -0.0945. The van der Waals surface area contributed by atoms with Gasteiger partial charge in [0.15, 0.2) is 0 Å². The van der Waals surface area contributed by atoms with Crippen LogP contribution in [-0.4, -0.2) is 41.7 Å². The summed E-state index contributed by atoms with van der Waals surface area (Å²) in [7, 11) is -4.12. The molecule has 0 unspecified atom stereocenters. The molecule has 0 radical (unpaired) electrons. The highest BCUT2D eigenvalue weighted by molar-refractivity contribution is 7.89. The number of benzene rings is 2. The Hall–Kier alpha value is -2.78. The molecule has 2 heterocycles. The molecular formula is C19H14F3N3O2S. The van der Waals surface area contributed by atoms with Crippen molar-refractivity contribution >= 4 is 10.0 Å². The van der Waals surface area contributed by atoms with E-state index in [2.05, 4.69) is 9.97 Å². The van der Waals surface area contributed by atoms with Gasteiger partial charge in [-0.05, 0) is 23.8 Å². The molecule has 5 nitrogen and oxygen atoms in total. The number of rotatable bonds is 4. The van der Waals surface area contributed by atoms with E-state index in [1.165, 1.54) is 48.9 Å². The zero-order valence-corrected chi connectivity index (χ0v) is 15.2. The quantitative estimate of drug-likeness (QED) is 0.666. The summed E-state index contributed by atoms with van der Waals surface area (Å²) in [4.78, 5) is 7.81. The third kappa shape index (κ3) is 3.27. The molecular weight excluding hydrogens is 391 g/mol. The van der Waals surface area contributed by atoms with Crippen LogP contribution in [0.4, 0.5) is 13.2 Å². The Morgan fingerprint density at radius 3 is 2.39 bits per heavy atom. The van der Waals surface area contributed by atoms with Gasteiger partial charge in [-0.3, -0.25) is 9.97 Å². The maximum atomic E-state index is 14.7. The van der Waals surface area contributed by atoms with E-state index in [-0.39, 0.29) is 16.0 Å². The molecule has 1 saturated heterocycles. The van der Waals surface area contributed by atoms with Gasteiger partial charge in [0.1, 0.15) is 5.82 Å². The molecule has 0 aliphatic carbocycles. The second-order valence-electron chi connectivity index (χ2n) is 6.41. The molecule has 0 N–H and O–H groups in total. The number of alkyl halides is 2. The van der Waals surface area contributed by atoms with Crippen molar-refractivity contribution in [2.24, 2.45) is 0 Å². The SMILES string of the molecule is O=S(=O)(c1ccccc1-c1ccc(-c2cnccn2)c(F)c1)N1CC(F)(F)C1. The average molecular weight is 405 g/mol. The first-order chi connectivity index (χ1) is 13.3. The molecule has 1 aliphatic heterocycles. The summed E-state index contributed by atoms with van der Waals surface area (Å²) in [5, 5.41) is 0. The second-order valence-corrected chi connectivity index (χ2v) is 8.32. The summed E-state index contributed by atoms with van der Waals surface area (Å²) in [5.74, 6) is -3.62. The third-order valence-corrected chi connectivity index (χ3v) is 6.29. The Balaban J connectivity index is 1.74. The van der Waals surface area contributed by atoms with Gasteiger partial charge in [-0.1, -0.05) is 24.3 Å². The molecule has 3 aromatic rings. The first-order valence-corrected chi connectivity index (χ1v) is 9.75. The lowest BCUT2D eigenvalue weighted by Crippen LogP contribution is -2.58. The van der Waals surface area contributed by atoms with E-state index in [0.29, 0.717) is 11.3 Å². The number of aromatic nitrogens is 2. The summed E-state index contributed by atoms with van der Waals surface area (Å²) in [6.07, 6.45) is 4.32. The lowest BCUT2D eigenvalue weighted by atomic mass is 10.0. The van der Waals surface area contributed by atoms with E-state index in [1.54, 1.807) is 12.1 Å². The molecule has 0 spiro atoms. The fourth-order valence-electron chi connectivity index (χ4n) is 3.04.